The lowest BCUT2D eigenvalue weighted by Crippen LogP contribution is -2.44. The quantitative estimate of drug-likeness (QED) is 0.684. The highest BCUT2D eigenvalue weighted by Gasteiger charge is 2.46. The van der Waals surface area contributed by atoms with Crippen molar-refractivity contribution in [3.63, 3.8) is 0 Å². The summed E-state index contributed by atoms with van der Waals surface area (Å²) >= 11 is 1.31. The van der Waals surface area contributed by atoms with Gasteiger partial charge in [-0.1, -0.05) is 24.6 Å². The minimum atomic E-state index is -1.21. The van der Waals surface area contributed by atoms with Crippen LogP contribution in [0.3, 0.4) is 0 Å². The monoisotopic (exact) mass is 341 g/mol. The fourth-order valence-corrected chi connectivity index (χ4v) is 4.65. The van der Waals surface area contributed by atoms with E-state index in [2.05, 4.69) is 10.3 Å². The van der Waals surface area contributed by atoms with Gasteiger partial charge in [0.25, 0.3) is 0 Å². The molecule has 1 saturated carbocycles. The lowest BCUT2D eigenvalue weighted by molar-refractivity contribution is 0.197. The van der Waals surface area contributed by atoms with Crippen molar-refractivity contribution in [2.24, 2.45) is 10.9 Å². The SMILES string of the molecule is Nc1cc(C23CCCCC2CSC(NC(=O)O)=N3)c(F)cc1F. The number of nitrogens with one attached hydrogen (secondary N) is 1. The number of thioether (sulfide) groups is 1. The summed E-state index contributed by atoms with van der Waals surface area (Å²) in [6, 6.07) is 2.09. The van der Waals surface area contributed by atoms with Crippen LogP contribution in [0.5, 0.6) is 0 Å². The van der Waals surface area contributed by atoms with E-state index in [9.17, 15) is 13.6 Å². The number of carboxylic acid groups (broad SMARTS) is 1. The van der Waals surface area contributed by atoms with Crippen molar-refractivity contribution < 1.29 is 18.7 Å². The van der Waals surface area contributed by atoms with E-state index in [-0.39, 0.29) is 22.3 Å². The number of carbonyl (C=O) groups is 1. The first-order valence-corrected chi connectivity index (χ1v) is 8.38. The van der Waals surface area contributed by atoms with E-state index in [1.54, 1.807) is 0 Å². The van der Waals surface area contributed by atoms with Gasteiger partial charge in [0.2, 0.25) is 0 Å². The van der Waals surface area contributed by atoms with Gasteiger partial charge in [0.15, 0.2) is 5.17 Å². The van der Waals surface area contributed by atoms with Gasteiger partial charge < -0.3 is 10.8 Å². The molecule has 23 heavy (non-hydrogen) atoms. The topological polar surface area (TPSA) is 87.7 Å². The van der Waals surface area contributed by atoms with Gasteiger partial charge in [0.05, 0.1) is 11.2 Å². The Morgan fingerprint density at radius 3 is 2.91 bits per heavy atom. The molecule has 124 valence electrons. The van der Waals surface area contributed by atoms with Crippen LogP contribution in [0.2, 0.25) is 0 Å². The van der Waals surface area contributed by atoms with Gasteiger partial charge in [-0.3, -0.25) is 10.3 Å². The molecule has 0 spiro atoms. The van der Waals surface area contributed by atoms with Crippen molar-refractivity contribution in [3.05, 3.63) is 29.3 Å². The van der Waals surface area contributed by atoms with Crippen LogP contribution in [0.4, 0.5) is 19.3 Å². The summed E-state index contributed by atoms with van der Waals surface area (Å²) in [5.74, 6) is -0.780. The molecule has 1 aliphatic heterocycles. The summed E-state index contributed by atoms with van der Waals surface area (Å²) in [7, 11) is 0. The minimum absolute atomic E-state index is 0.0694. The van der Waals surface area contributed by atoms with Crippen molar-refractivity contribution >= 4 is 28.7 Å². The molecule has 1 aromatic carbocycles. The Morgan fingerprint density at radius 2 is 2.17 bits per heavy atom. The smallest absolute Gasteiger partial charge is 0.410 e. The third-order valence-electron chi connectivity index (χ3n) is 4.52. The summed E-state index contributed by atoms with van der Waals surface area (Å²) in [5.41, 5.74) is 4.88. The predicted octanol–water partition coefficient (Wildman–Crippen LogP) is 3.30. The third kappa shape index (κ3) is 2.87. The van der Waals surface area contributed by atoms with Gasteiger partial charge in [-0.2, -0.15) is 0 Å². The molecule has 1 aliphatic carbocycles. The van der Waals surface area contributed by atoms with Gasteiger partial charge in [-0.15, -0.1) is 0 Å². The normalized spacial score (nSPS) is 27.0. The fourth-order valence-electron chi connectivity index (χ4n) is 3.46. The van der Waals surface area contributed by atoms with Gasteiger partial charge in [-0.05, 0) is 24.8 Å². The molecule has 3 rings (SSSR count). The second kappa shape index (κ2) is 5.99. The number of halogens is 2. The number of nitrogen functional groups attached to an aromatic ring is 1. The molecule has 1 heterocycles. The minimum Gasteiger partial charge on any atom is -0.465 e. The van der Waals surface area contributed by atoms with Crippen LogP contribution in [-0.2, 0) is 5.54 Å². The Morgan fingerprint density at radius 1 is 1.39 bits per heavy atom. The molecule has 0 radical (unpaired) electrons. The van der Waals surface area contributed by atoms with Crippen molar-refractivity contribution in [2.75, 3.05) is 11.5 Å². The van der Waals surface area contributed by atoms with E-state index in [0.29, 0.717) is 12.2 Å². The standard InChI is InChI=1S/C15H17F2N3O2S/c16-10-6-11(17)12(18)5-9(10)15-4-2-1-3-8(15)7-23-13(20-15)19-14(21)22/h5-6,8H,1-4,7,18H2,(H,19,20)(H,21,22). The molecule has 4 N–H and O–H groups in total. The largest absolute Gasteiger partial charge is 0.465 e. The Hall–Kier alpha value is -1.83. The Balaban J connectivity index is 2.12. The zero-order valence-corrected chi connectivity index (χ0v) is 13.1. The number of amides is 1. The summed E-state index contributed by atoms with van der Waals surface area (Å²) in [4.78, 5) is 15.4. The number of amidine groups is 1. The third-order valence-corrected chi connectivity index (χ3v) is 5.56. The molecule has 2 unspecified atom stereocenters. The van der Waals surface area contributed by atoms with E-state index < -0.39 is 23.3 Å². The summed E-state index contributed by atoms with van der Waals surface area (Å²) < 4.78 is 28.0. The van der Waals surface area contributed by atoms with Crippen LogP contribution in [-0.4, -0.2) is 22.1 Å². The van der Waals surface area contributed by atoms with Crippen LogP contribution >= 0.6 is 11.8 Å². The Bertz CT molecular complexity index is 683. The van der Waals surface area contributed by atoms with Crippen LogP contribution in [0.15, 0.2) is 17.1 Å². The number of fused-ring (bicyclic) bond motifs is 1. The molecule has 5 nitrogen and oxygen atoms in total. The Labute approximate surface area is 136 Å². The van der Waals surface area contributed by atoms with E-state index in [0.717, 1.165) is 25.3 Å². The van der Waals surface area contributed by atoms with Crippen LogP contribution < -0.4 is 11.1 Å². The number of anilines is 1. The average Bonchev–Trinajstić information content (AvgIpc) is 2.50. The molecule has 1 fully saturated rings. The molecule has 0 aromatic heterocycles. The van der Waals surface area contributed by atoms with Gasteiger partial charge >= 0.3 is 6.09 Å². The number of aliphatic imine (C=N–C) groups is 1. The first kappa shape index (κ1) is 16.0. The van der Waals surface area contributed by atoms with Crippen molar-refractivity contribution in [1.29, 1.82) is 0 Å². The van der Waals surface area contributed by atoms with E-state index in [1.165, 1.54) is 17.8 Å². The van der Waals surface area contributed by atoms with Crippen LogP contribution in [0, 0.1) is 17.6 Å². The highest BCUT2D eigenvalue weighted by Crippen LogP contribution is 2.50. The molecule has 2 atom stereocenters. The summed E-state index contributed by atoms with van der Waals surface area (Å²) in [6.07, 6.45) is 2.11. The van der Waals surface area contributed by atoms with E-state index in [1.807, 2.05) is 0 Å². The zero-order chi connectivity index (χ0) is 16.6. The lowest BCUT2D eigenvalue weighted by atomic mass is 9.69. The molecule has 0 bridgehead atoms. The van der Waals surface area contributed by atoms with E-state index in [4.69, 9.17) is 10.8 Å². The Kier molecular flexibility index (Phi) is 4.18. The number of rotatable bonds is 1. The van der Waals surface area contributed by atoms with Crippen LogP contribution in [0.1, 0.15) is 31.2 Å². The highest BCUT2D eigenvalue weighted by molar-refractivity contribution is 8.13. The second-order valence-electron chi connectivity index (χ2n) is 5.88. The maximum Gasteiger partial charge on any atom is 0.410 e. The predicted molar refractivity (Wildman–Crippen MR) is 85.5 cm³/mol. The van der Waals surface area contributed by atoms with E-state index >= 15 is 0 Å². The summed E-state index contributed by atoms with van der Waals surface area (Å²) in [6.45, 7) is 0. The first-order valence-electron chi connectivity index (χ1n) is 7.40. The van der Waals surface area contributed by atoms with Gasteiger partial charge in [-0.25, -0.2) is 13.6 Å². The highest BCUT2D eigenvalue weighted by atomic mass is 32.2. The number of hydrogen-bond donors (Lipinski definition) is 3. The lowest BCUT2D eigenvalue weighted by Gasteiger charge is -2.44. The van der Waals surface area contributed by atoms with Crippen molar-refractivity contribution in [1.82, 2.24) is 5.32 Å². The molecule has 1 amide bonds. The molecular formula is C15H17F2N3O2S. The zero-order valence-electron chi connectivity index (χ0n) is 12.3. The maximum atomic E-state index is 14.5. The molecular weight excluding hydrogens is 324 g/mol. The molecule has 2 aliphatic rings. The first-order chi connectivity index (χ1) is 10.9. The summed E-state index contributed by atoms with van der Waals surface area (Å²) in [5, 5.41) is 11.4. The molecule has 0 saturated heterocycles. The molecule has 1 aromatic rings. The van der Waals surface area contributed by atoms with Gasteiger partial charge in [0.1, 0.15) is 11.6 Å². The average molecular weight is 341 g/mol. The number of nitrogens with zero attached hydrogens (tertiary/aromatic N) is 1. The van der Waals surface area contributed by atoms with Crippen LogP contribution in [0.25, 0.3) is 0 Å². The fraction of sp³-hybridized carbons (Fsp3) is 0.467. The number of benzene rings is 1. The molecule has 8 heteroatoms. The van der Waals surface area contributed by atoms with Gasteiger partial charge in [0, 0.05) is 17.4 Å². The maximum absolute atomic E-state index is 14.5. The van der Waals surface area contributed by atoms with Crippen molar-refractivity contribution in [2.45, 2.75) is 31.2 Å². The van der Waals surface area contributed by atoms with Crippen molar-refractivity contribution in [3.8, 4) is 0 Å². The number of hydrogen-bond acceptors (Lipinski definition) is 4. The second-order valence-corrected chi connectivity index (χ2v) is 6.89. The number of nitrogens with two attached hydrogens (primary N) is 1.